The minimum absolute atomic E-state index is 0.0470. The highest BCUT2D eigenvalue weighted by molar-refractivity contribution is 7.92. The number of alkyl halides is 2. The first kappa shape index (κ1) is 32.9. The molecular weight excluding hydrogens is 605 g/mol. The maximum atomic E-state index is 14.1. The van der Waals surface area contributed by atoms with Crippen molar-refractivity contribution in [1.29, 1.82) is 0 Å². The van der Waals surface area contributed by atoms with E-state index in [0.29, 0.717) is 42.3 Å². The molecule has 240 valence electrons. The largest absolute Gasteiger partial charge is 0.385 e. The van der Waals surface area contributed by atoms with Crippen LogP contribution >= 0.6 is 11.3 Å². The Morgan fingerprint density at radius 3 is 2.70 bits per heavy atom. The minimum Gasteiger partial charge on any atom is -0.385 e. The summed E-state index contributed by atoms with van der Waals surface area (Å²) in [6, 6.07) is 10.3. The number of thiophene rings is 1. The van der Waals surface area contributed by atoms with Gasteiger partial charge < -0.3 is 10.4 Å². The molecule has 3 N–H and O–H groups in total. The zero-order chi connectivity index (χ0) is 31.9. The second kappa shape index (κ2) is 12.7. The van der Waals surface area contributed by atoms with Gasteiger partial charge in [-0.25, -0.2) is 22.2 Å². The van der Waals surface area contributed by atoms with Crippen LogP contribution in [0, 0.1) is 11.3 Å². The number of halogens is 2. The Hall–Kier alpha value is -2.47. The number of carbonyl (C=O) groups is 1. The number of benzene rings is 1. The van der Waals surface area contributed by atoms with Crippen molar-refractivity contribution in [2.45, 2.75) is 96.1 Å². The SMILES string of the molecule is CC(C)(C)[C@H]1CCc2nc3sc(C(=O)C[C@H](CCN[C@H]4CCCC(F)(F)[C@@H]4O)c4cccc(NS(C)(=O)=O)c4)cc3cc2C1. The number of fused-ring (bicyclic) bond motifs is 2. The maximum Gasteiger partial charge on any atom is 0.274 e. The lowest BCUT2D eigenvalue weighted by atomic mass is 9.71. The Bertz CT molecular complexity index is 1620. The molecule has 11 heteroatoms. The molecule has 1 aromatic carbocycles. The molecule has 2 heterocycles. The lowest BCUT2D eigenvalue weighted by Crippen LogP contribution is -2.53. The molecule has 0 bridgehead atoms. The molecule has 7 nitrogen and oxygen atoms in total. The number of ketones is 1. The molecule has 0 spiro atoms. The molecule has 0 unspecified atom stereocenters. The van der Waals surface area contributed by atoms with Crippen LogP contribution in [0.4, 0.5) is 14.5 Å². The van der Waals surface area contributed by atoms with Crippen LogP contribution in [0.5, 0.6) is 0 Å². The number of anilines is 1. The van der Waals surface area contributed by atoms with Crippen molar-refractivity contribution < 1.29 is 27.1 Å². The van der Waals surface area contributed by atoms with E-state index in [0.717, 1.165) is 47.0 Å². The third-order valence-electron chi connectivity index (χ3n) is 9.20. The van der Waals surface area contributed by atoms with E-state index < -0.39 is 28.1 Å². The Kier molecular flexibility index (Phi) is 9.52. The summed E-state index contributed by atoms with van der Waals surface area (Å²) in [5, 5.41) is 14.3. The highest BCUT2D eigenvalue weighted by Crippen LogP contribution is 2.39. The van der Waals surface area contributed by atoms with Crippen LogP contribution in [0.25, 0.3) is 10.2 Å². The number of pyridine rings is 1. The molecule has 0 radical (unpaired) electrons. The van der Waals surface area contributed by atoms with E-state index >= 15 is 0 Å². The molecular formula is C33H43F2N3O4S2. The minimum atomic E-state index is -3.50. The first-order valence-electron chi connectivity index (χ1n) is 15.4. The number of aromatic nitrogens is 1. The number of rotatable bonds is 10. The van der Waals surface area contributed by atoms with Gasteiger partial charge in [0.15, 0.2) is 5.78 Å². The predicted octanol–water partition coefficient (Wildman–Crippen LogP) is 6.70. The van der Waals surface area contributed by atoms with Crippen LogP contribution in [0.1, 0.15) is 91.7 Å². The lowest BCUT2D eigenvalue weighted by Gasteiger charge is -2.35. The molecule has 2 aliphatic rings. The third-order valence-corrected chi connectivity index (χ3v) is 10.9. The third kappa shape index (κ3) is 7.84. The summed E-state index contributed by atoms with van der Waals surface area (Å²) in [6.45, 7) is 7.15. The van der Waals surface area contributed by atoms with Crippen LogP contribution < -0.4 is 10.0 Å². The second-order valence-corrected chi connectivity index (χ2v) is 16.5. The molecule has 2 aliphatic carbocycles. The smallest absolute Gasteiger partial charge is 0.274 e. The van der Waals surface area contributed by atoms with E-state index in [-0.39, 0.29) is 30.0 Å². The number of hydrogen-bond acceptors (Lipinski definition) is 7. The van der Waals surface area contributed by atoms with Gasteiger partial charge in [0.05, 0.1) is 11.1 Å². The Labute approximate surface area is 262 Å². The Morgan fingerprint density at radius 2 is 1.98 bits per heavy atom. The van der Waals surface area contributed by atoms with E-state index in [4.69, 9.17) is 4.98 Å². The number of nitrogens with zero attached hydrogens (tertiary/aromatic N) is 1. The number of aliphatic hydroxyl groups is 1. The molecule has 44 heavy (non-hydrogen) atoms. The van der Waals surface area contributed by atoms with Crippen molar-refractivity contribution in [3.63, 3.8) is 0 Å². The normalized spacial score (nSPS) is 22.8. The summed E-state index contributed by atoms with van der Waals surface area (Å²) in [5.74, 6) is -2.90. The topological polar surface area (TPSA) is 108 Å². The number of sulfonamides is 1. The summed E-state index contributed by atoms with van der Waals surface area (Å²) in [4.78, 5) is 20.1. The van der Waals surface area contributed by atoms with Gasteiger partial charge in [-0.2, -0.15) is 0 Å². The van der Waals surface area contributed by atoms with Crippen molar-refractivity contribution >= 4 is 43.0 Å². The molecule has 2 aromatic heterocycles. The average molecular weight is 648 g/mol. The fraction of sp³-hybridized carbons (Fsp3) is 0.576. The number of hydrogen-bond donors (Lipinski definition) is 3. The van der Waals surface area contributed by atoms with Crippen LogP contribution in [0.2, 0.25) is 0 Å². The van der Waals surface area contributed by atoms with Crippen molar-refractivity contribution in [2.24, 2.45) is 11.3 Å². The fourth-order valence-corrected chi connectivity index (χ4v) is 8.13. The van der Waals surface area contributed by atoms with Gasteiger partial charge in [-0.15, -0.1) is 11.3 Å². The van der Waals surface area contributed by atoms with Gasteiger partial charge in [-0.05, 0) is 97.7 Å². The number of carbonyl (C=O) groups excluding carboxylic acids is 1. The predicted molar refractivity (Wildman–Crippen MR) is 172 cm³/mol. The highest BCUT2D eigenvalue weighted by atomic mass is 32.2. The summed E-state index contributed by atoms with van der Waals surface area (Å²) in [5.41, 5.74) is 3.76. The number of aryl methyl sites for hydroxylation is 1. The summed E-state index contributed by atoms with van der Waals surface area (Å²) in [6.07, 6.45) is 3.38. The van der Waals surface area contributed by atoms with Gasteiger partial charge in [0.25, 0.3) is 5.92 Å². The van der Waals surface area contributed by atoms with E-state index in [1.807, 2.05) is 12.1 Å². The van der Waals surface area contributed by atoms with Crippen molar-refractivity contribution in [2.75, 3.05) is 17.5 Å². The van der Waals surface area contributed by atoms with E-state index in [9.17, 15) is 27.1 Å². The van der Waals surface area contributed by atoms with E-state index in [1.54, 1.807) is 18.2 Å². The van der Waals surface area contributed by atoms with Gasteiger partial charge in [-0.1, -0.05) is 32.9 Å². The molecule has 3 aromatic rings. The Morgan fingerprint density at radius 1 is 1.20 bits per heavy atom. The molecule has 0 amide bonds. The molecule has 5 rings (SSSR count). The monoisotopic (exact) mass is 647 g/mol. The first-order valence-corrected chi connectivity index (χ1v) is 18.1. The maximum absolute atomic E-state index is 14.1. The van der Waals surface area contributed by atoms with Gasteiger partial charge in [0.2, 0.25) is 10.0 Å². The van der Waals surface area contributed by atoms with Crippen molar-refractivity contribution in [1.82, 2.24) is 10.3 Å². The van der Waals surface area contributed by atoms with Crippen LogP contribution in [0.3, 0.4) is 0 Å². The summed E-state index contributed by atoms with van der Waals surface area (Å²) in [7, 11) is -3.50. The number of Topliss-reactive ketones (excluding diaryl/α,β-unsaturated/α-hetero) is 1. The first-order chi connectivity index (χ1) is 20.6. The fourth-order valence-electron chi connectivity index (χ4n) is 6.60. The van der Waals surface area contributed by atoms with E-state index in [2.05, 4.69) is 36.9 Å². The second-order valence-electron chi connectivity index (χ2n) is 13.7. The summed E-state index contributed by atoms with van der Waals surface area (Å²) >= 11 is 1.40. The van der Waals surface area contributed by atoms with Crippen molar-refractivity contribution in [3.05, 3.63) is 58.1 Å². The average Bonchev–Trinajstić information content (AvgIpc) is 3.35. The number of aliphatic hydroxyl groups excluding tert-OH is 1. The molecule has 1 fully saturated rings. The van der Waals surface area contributed by atoms with Gasteiger partial charge in [-0.3, -0.25) is 9.52 Å². The zero-order valence-electron chi connectivity index (χ0n) is 25.8. The van der Waals surface area contributed by atoms with Gasteiger partial charge >= 0.3 is 0 Å². The van der Waals surface area contributed by atoms with Crippen LogP contribution in [-0.4, -0.2) is 55.2 Å². The van der Waals surface area contributed by atoms with Gasteiger partial charge in [0.1, 0.15) is 10.9 Å². The molecule has 1 saturated carbocycles. The quantitative estimate of drug-likeness (QED) is 0.211. The Balaban J connectivity index is 1.35. The van der Waals surface area contributed by atoms with Gasteiger partial charge in [0, 0.05) is 35.7 Å². The molecule has 4 atom stereocenters. The van der Waals surface area contributed by atoms with Crippen LogP contribution in [0.15, 0.2) is 36.4 Å². The molecule has 0 saturated heterocycles. The zero-order valence-corrected chi connectivity index (χ0v) is 27.5. The number of nitrogens with one attached hydrogen (secondary N) is 2. The standard InChI is InChI=1S/C33H43F2N3O4S2/c1-32(2,3)24-10-11-26-22(16-24)15-23-19-29(43-31(23)37-26)28(39)18-21(20-7-5-8-25(17-20)38-44(4,41)42)12-14-36-27-9-6-13-33(34,35)30(27)40/h5,7-8,15,17,19,21,24,27,30,36,38,40H,6,9-14,16,18H2,1-4H3/t21-,24-,27-,30+/m0/s1. The lowest BCUT2D eigenvalue weighted by molar-refractivity contribution is -0.143. The van der Waals surface area contributed by atoms with E-state index in [1.165, 1.54) is 16.9 Å². The molecule has 0 aliphatic heterocycles. The van der Waals surface area contributed by atoms with Crippen LogP contribution in [-0.2, 0) is 22.9 Å². The highest BCUT2D eigenvalue weighted by Gasteiger charge is 2.45. The van der Waals surface area contributed by atoms with Crippen molar-refractivity contribution in [3.8, 4) is 0 Å². The summed E-state index contributed by atoms with van der Waals surface area (Å²) < 4.78 is 54.4.